The van der Waals surface area contributed by atoms with Gasteiger partial charge in [0.05, 0.1) is 0 Å². The Labute approximate surface area is 106 Å². The van der Waals surface area contributed by atoms with E-state index in [0.29, 0.717) is 11.5 Å². The SMILES string of the molecule is CCCc1ccc(NC(=O)c2cc(C)on2)cc1. The Morgan fingerprint density at radius 3 is 2.61 bits per heavy atom. The summed E-state index contributed by atoms with van der Waals surface area (Å²) in [6.07, 6.45) is 2.17. The van der Waals surface area contributed by atoms with Crippen molar-refractivity contribution in [1.29, 1.82) is 0 Å². The minimum Gasteiger partial charge on any atom is -0.361 e. The number of hydrogen-bond donors (Lipinski definition) is 1. The molecular formula is C14H16N2O2. The lowest BCUT2D eigenvalue weighted by Crippen LogP contribution is -2.12. The highest BCUT2D eigenvalue weighted by Crippen LogP contribution is 2.12. The molecule has 0 bridgehead atoms. The van der Waals surface area contributed by atoms with Crippen LogP contribution in [-0.2, 0) is 6.42 Å². The molecule has 0 aliphatic rings. The molecule has 0 saturated carbocycles. The molecule has 1 N–H and O–H groups in total. The van der Waals surface area contributed by atoms with Gasteiger partial charge in [-0.1, -0.05) is 30.6 Å². The van der Waals surface area contributed by atoms with E-state index in [4.69, 9.17) is 4.52 Å². The second-order valence-electron chi connectivity index (χ2n) is 4.22. The van der Waals surface area contributed by atoms with Crippen LogP contribution in [0.4, 0.5) is 5.69 Å². The summed E-state index contributed by atoms with van der Waals surface area (Å²) in [4.78, 5) is 11.8. The monoisotopic (exact) mass is 244 g/mol. The summed E-state index contributed by atoms with van der Waals surface area (Å²) >= 11 is 0. The maximum absolute atomic E-state index is 11.8. The van der Waals surface area contributed by atoms with E-state index in [-0.39, 0.29) is 5.91 Å². The van der Waals surface area contributed by atoms with E-state index in [1.54, 1.807) is 13.0 Å². The highest BCUT2D eigenvalue weighted by Gasteiger charge is 2.10. The summed E-state index contributed by atoms with van der Waals surface area (Å²) in [5, 5.41) is 6.45. The Kier molecular flexibility index (Phi) is 3.77. The van der Waals surface area contributed by atoms with Crippen molar-refractivity contribution in [3.8, 4) is 0 Å². The third-order valence-corrected chi connectivity index (χ3v) is 2.61. The Morgan fingerprint density at radius 2 is 2.06 bits per heavy atom. The molecule has 0 radical (unpaired) electrons. The molecule has 0 atom stereocenters. The fraction of sp³-hybridized carbons (Fsp3) is 0.286. The zero-order valence-electron chi connectivity index (χ0n) is 10.6. The van der Waals surface area contributed by atoms with Gasteiger partial charge in [0.1, 0.15) is 5.76 Å². The van der Waals surface area contributed by atoms with Crippen LogP contribution >= 0.6 is 0 Å². The number of amides is 1. The third-order valence-electron chi connectivity index (χ3n) is 2.61. The first-order valence-electron chi connectivity index (χ1n) is 6.02. The molecular weight excluding hydrogens is 228 g/mol. The average Bonchev–Trinajstić information content (AvgIpc) is 2.79. The molecule has 1 aromatic carbocycles. The minimum atomic E-state index is -0.255. The van der Waals surface area contributed by atoms with Gasteiger partial charge in [0.15, 0.2) is 5.69 Å². The van der Waals surface area contributed by atoms with Crippen molar-refractivity contribution in [3.63, 3.8) is 0 Å². The number of aromatic nitrogens is 1. The number of anilines is 1. The largest absolute Gasteiger partial charge is 0.361 e. The summed E-state index contributed by atoms with van der Waals surface area (Å²) in [6.45, 7) is 3.89. The first kappa shape index (κ1) is 12.4. The third kappa shape index (κ3) is 2.97. The van der Waals surface area contributed by atoms with Gasteiger partial charge < -0.3 is 9.84 Å². The van der Waals surface area contributed by atoms with Crippen LogP contribution in [0.2, 0.25) is 0 Å². The van der Waals surface area contributed by atoms with Crippen molar-refractivity contribution >= 4 is 11.6 Å². The van der Waals surface area contributed by atoms with Gasteiger partial charge >= 0.3 is 0 Å². The first-order chi connectivity index (χ1) is 8.69. The fourth-order valence-electron chi connectivity index (χ4n) is 1.71. The maximum Gasteiger partial charge on any atom is 0.277 e. The predicted octanol–water partition coefficient (Wildman–Crippen LogP) is 3.19. The zero-order valence-corrected chi connectivity index (χ0v) is 10.6. The van der Waals surface area contributed by atoms with Crippen molar-refractivity contribution in [3.05, 3.63) is 47.3 Å². The standard InChI is InChI=1S/C14H16N2O2/c1-3-4-11-5-7-12(8-6-11)15-14(17)13-9-10(2)18-16-13/h5-9H,3-4H2,1-2H3,(H,15,17). The second kappa shape index (κ2) is 5.49. The van der Waals surface area contributed by atoms with Crippen molar-refractivity contribution in [2.75, 3.05) is 5.32 Å². The van der Waals surface area contributed by atoms with Crippen LogP contribution in [0.3, 0.4) is 0 Å². The van der Waals surface area contributed by atoms with Gasteiger partial charge in [-0.2, -0.15) is 0 Å². The quantitative estimate of drug-likeness (QED) is 0.898. The van der Waals surface area contributed by atoms with Crippen LogP contribution in [-0.4, -0.2) is 11.1 Å². The Morgan fingerprint density at radius 1 is 1.33 bits per heavy atom. The lowest BCUT2D eigenvalue weighted by atomic mass is 10.1. The summed E-state index contributed by atoms with van der Waals surface area (Å²) in [6, 6.07) is 9.45. The van der Waals surface area contributed by atoms with Crippen LogP contribution < -0.4 is 5.32 Å². The van der Waals surface area contributed by atoms with Crippen molar-refractivity contribution < 1.29 is 9.32 Å². The number of carbonyl (C=O) groups excluding carboxylic acids is 1. The van der Waals surface area contributed by atoms with Gasteiger partial charge in [0, 0.05) is 11.8 Å². The van der Waals surface area contributed by atoms with Gasteiger partial charge in [0.2, 0.25) is 0 Å². The molecule has 4 nitrogen and oxygen atoms in total. The van der Waals surface area contributed by atoms with Gasteiger partial charge in [-0.25, -0.2) is 0 Å². The summed E-state index contributed by atoms with van der Waals surface area (Å²) < 4.78 is 4.86. The number of aryl methyl sites for hydroxylation is 2. The van der Waals surface area contributed by atoms with Gasteiger partial charge in [-0.05, 0) is 31.0 Å². The molecule has 94 valence electrons. The molecule has 1 aromatic heterocycles. The first-order valence-corrected chi connectivity index (χ1v) is 6.02. The van der Waals surface area contributed by atoms with Crippen LogP contribution in [0.25, 0.3) is 0 Å². The maximum atomic E-state index is 11.8. The number of nitrogens with one attached hydrogen (secondary N) is 1. The summed E-state index contributed by atoms with van der Waals surface area (Å²) in [7, 11) is 0. The van der Waals surface area contributed by atoms with Gasteiger partial charge in [0.25, 0.3) is 5.91 Å². The number of hydrogen-bond acceptors (Lipinski definition) is 3. The highest BCUT2D eigenvalue weighted by atomic mass is 16.5. The van der Waals surface area contributed by atoms with E-state index in [2.05, 4.69) is 17.4 Å². The molecule has 0 unspecified atom stereocenters. The molecule has 0 fully saturated rings. The number of nitrogens with zero attached hydrogens (tertiary/aromatic N) is 1. The van der Waals surface area contributed by atoms with Crippen LogP contribution in [0.1, 0.15) is 35.2 Å². The smallest absolute Gasteiger partial charge is 0.277 e. The highest BCUT2D eigenvalue weighted by molar-refractivity contribution is 6.02. The van der Waals surface area contributed by atoms with Crippen LogP contribution in [0.5, 0.6) is 0 Å². The van der Waals surface area contributed by atoms with E-state index in [1.807, 2.05) is 24.3 Å². The predicted molar refractivity (Wildman–Crippen MR) is 69.6 cm³/mol. The van der Waals surface area contributed by atoms with E-state index >= 15 is 0 Å². The molecule has 18 heavy (non-hydrogen) atoms. The van der Waals surface area contributed by atoms with Gasteiger partial charge in [-0.3, -0.25) is 4.79 Å². The van der Waals surface area contributed by atoms with E-state index in [1.165, 1.54) is 5.56 Å². The molecule has 4 heteroatoms. The van der Waals surface area contributed by atoms with Crippen LogP contribution in [0.15, 0.2) is 34.9 Å². The minimum absolute atomic E-state index is 0.255. The topological polar surface area (TPSA) is 55.1 Å². The molecule has 1 amide bonds. The normalized spacial score (nSPS) is 10.3. The molecule has 0 aliphatic carbocycles. The van der Waals surface area contributed by atoms with Crippen LogP contribution in [0, 0.1) is 6.92 Å². The van der Waals surface area contributed by atoms with Crippen molar-refractivity contribution in [2.24, 2.45) is 0 Å². The number of carbonyl (C=O) groups is 1. The average molecular weight is 244 g/mol. The molecule has 2 aromatic rings. The van der Waals surface area contributed by atoms with E-state index in [9.17, 15) is 4.79 Å². The van der Waals surface area contributed by atoms with Crippen molar-refractivity contribution in [2.45, 2.75) is 26.7 Å². The lowest BCUT2D eigenvalue weighted by molar-refractivity contribution is 0.101. The molecule has 0 spiro atoms. The van der Waals surface area contributed by atoms with Crippen molar-refractivity contribution in [1.82, 2.24) is 5.16 Å². The molecule has 0 saturated heterocycles. The zero-order chi connectivity index (χ0) is 13.0. The van der Waals surface area contributed by atoms with E-state index < -0.39 is 0 Å². The van der Waals surface area contributed by atoms with Gasteiger partial charge in [-0.15, -0.1) is 0 Å². The summed E-state index contributed by atoms with van der Waals surface area (Å²) in [5.74, 6) is 0.369. The molecule has 1 heterocycles. The Hall–Kier alpha value is -2.10. The molecule has 2 rings (SSSR count). The Balaban J connectivity index is 2.03. The van der Waals surface area contributed by atoms with E-state index in [0.717, 1.165) is 18.5 Å². The number of benzene rings is 1. The lowest BCUT2D eigenvalue weighted by Gasteiger charge is -2.04. The second-order valence-corrected chi connectivity index (χ2v) is 4.22. The number of rotatable bonds is 4. The Bertz CT molecular complexity index is 529. The summed E-state index contributed by atoms with van der Waals surface area (Å²) in [5.41, 5.74) is 2.33. The fourth-order valence-corrected chi connectivity index (χ4v) is 1.71. The molecule has 0 aliphatic heterocycles.